The number of carboxylic acid groups (broad SMARTS) is 1. The number of benzene rings is 2. The van der Waals surface area contributed by atoms with Crippen LogP contribution in [-0.2, 0) is 41.8 Å². The Bertz CT molecular complexity index is 2560. The zero-order chi connectivity index (χ0) is 48.3. The molecule has 1 aliphatic carbocycles. The van der Waals surface area contributed by atoms with Crippen LogP contribution in [0.4, 0.5) is 25.4 Å². The maximum Gasteiger partial charge on any atom is 0.410 e. The number of primary amides is 1. The molecule has 2 atom stereocenters. The molecule has 0 bridgehead atoms. The highest BCUT2D eigenvalue weighted by molar-refractivity contribution is 7.08. The van der Waals surface area contributed by atoms with Crippen LogP contribution in [-0.4, -0.2) is 102 Å². The number of hydrogen-bond acceptors (Lipinski definition) is 12. The van der Waals surface area contributed by atoms with E-state index < -0.39 is 76.1 Å². The van der Waals surface area contributed by atoms with Crippen molar-refractivity contribution in [3.63, 3.8) is 0 Å². The lowest BCUT2D eigenvalue weighted by Crippen LogP contribution is -2.59. The second kappa shape index (κ2) is 22.3. The number of piperazine rings is 1. The average molecular weight is 945 g/mol. The largest absolute Gasteiger partial charge is 0.477 e. The second-order valence-corrected chi connectivity index (χ2v) is 16.9. The normalized spacial score (nSPS) is 15.0. The predicted molar refractivity (Wildman–Crippen MR) is 246 cm³/mol. The lowest BCUT2D eigenvalue weighted by molar-refractivity contribution is -0.151. The summed E-state index contributed by atoms with van der Waals surface area (Å²) in [6.45, 7) is 6.65. The van der Waals surface area contributed by atoms with Gasteiger partial charge in [-0.05, 0) is 84.8 Å². The van der Waals surface area contributed by atoms with E-state index in [2.05, 4.69) is 27.8 Å². The summed E-state index contributed by atoms with van der Waals surface area (Å²) in [6.07, 6.45) is 3.28. The number of esters is 1. The number of urea groups is 1. The number of nitrogens with one attached hydrogen (secondary N) is 4. The van der Waals surface area contributed by atoms with E-state index in [0.717, 1.165) is 6.07 Å². The first-order valence-corrected chi connectivity index (χ1v) is 22.7. The number of aromatic nitrogens is 1. The van der Waals surface area contributed by atoms with Crippen LogP contribution < -0.4 is 37.3 Å². The third-order valence-corrected chi connectivity index (χ3v) is 12.5. The number of thiophene rings is 1. The van der Waals surface area contributed by atoms with Gasteiger partial charge in [-0.2, -0.15) is 11.3 Å². The van der Waals surface area contributed by atoms with Gasteiger partial charge in [0.05, 0.1) is 23.7 Å². The molecule has 2 aromatic carbocycles. The molecule has 19 nitrogen and oxygen atoms in total. The third kappa shape index (κ3) is 11.9. The van der Waals surface area contributed by atoms with Crippen LogP contribution in [0.2, 0.25) is 0 Å². The van der Waals surface area contributed by atoms with Crippen molar-refractivity contribution in [3.8, 4) is 0 Å². The molecule has 2 fully saturated rings. The number of aryl methyl sites for hydroxylation is 1. The third-order valence-electron chi connectivity index (χ3n) is 11.8. The van der Waals surface area contributed by atoms with Crippen molar-refractivity contribution in [1.82, 2.24) is 25.4 Å². The van der Waals surface area contributed by atoms with Crippen LogP contribution in [0.15, 0.2) is 76.9 Å². The molecule has 2 aromatic heterocycles. The van der Waals surface area contributed by atoms with Crippen LogP contribution in [0.5, 0.6) is 0 Å². The number of rotatable bonds is 20. The Labute approximate surface area is 388 Å². The summed E-state index contributed by atoms with van der Waals surface area (Å²) in [5.41, 5.74) is 4.75. The van der Waals surface area contributed by atoms with Crippen molar-refractivity contribution in [3.05, 3.63) is 105 Å². The van der Waals surface area contributed by atoms with Gasteiger partial charge in [0.15, 0.2) is 0 Å². The molecule has 0 radical (unpaired) electrons. The maximum absolute atomic E-state index is 15.4. The Morgan fingerprint density at radius 2 is 1.72 bits per heavy atom. The molecule has 1 saturated heterocycles. The molecule has 1 aliphatic heterocycles. The van der Waals surface area contributed by atoms with Gasteiger partial charge in [0.2, 0.25) is 23.2 Å². The molecule has 0 unspecified atom stereocenters. The number of aromatic carboxylic acids is 1. The zero-order valence-electron chi connectivity index (χ0n) is 36.8. The summed E-state index contributed by atoms with van der Waals surface area (Å²) in [5.74, 6) is -4.47. The number of ether oxygens (including phenoxy) is 2. The van der Waals surface area contributed by atoms with Crippen LogP contribution >= 0.6 is 11.3 Å². The molecular formula is C46H53FN8O11S. The summed E-state index contributed by atoms with van der Waals surface area (Å²) in [5, 5.41) is 23.9. The molecule has 1 saturated carbocycles. The van der Waals surface area contributed by atoms with E-state index in [1.54, 1.807) is 57.5 Å². The number of halogens is 1. The van der Waals surface area contributed by atoms with Crippen LogP contribution in [0, 0.1) is 11.2 Å². The lowest BCUT2D eigenvalue weighted by Gasteiger charge is -2.40. The molecule has 7 N–H and O–H groups in total. The fraction of sp³-hybridized carbons (Fsp3) is 0.391. The van der Waals surface area contributed by atoms with Gasteiger partial charge in [-0.15, -0.1) is 0 Å². The highest BCUT2D eigenvalue weighted by atomic mass is 32.1. The molecule has 2 aliphatic rings. The van der Waals surface area contributed by atoms with Gasteiger partial charge in [0, 0.05) is 56.5 Å². The fourth-order valence-electron chi connectivity index (χ4n) is 7.91. The van der Waals surface area contributed by atoms with Crippen LogP contribution in [0.25, 0.3) is 10.9 Å². The molecule has 356 valence electrons. The maximum atomic E-state index is 15.4. The highest BCUT2D eigenvalue weighted by Crippen LogP contribution is 2.42. The summed E-state index contributed by atoms with van der Waals surface area (Å²) in [4.78, 5) is 106. The molecule has 4 aromatic rings. The number of nitrogens with two attached hydrogens (primary N) is 1. The molecule has 3 heterocycles. The Kier molecular flexibility index (Phi) is 16.3. The number of carbonyl (C=O) groups excluding carboxylic acids is 6. The number of fused-ring (bicyclic) bond motifs is 1. The van der Waals surface area contributed by atoms with Crippen LogP contribution in [0.1, 0.15) is 73.0 Å². The first-order valence-electron chi connectivity index (χ1n) is 21.7. The molecule has 6 amide bonds. The SMILES string of the molecule is C=CCOC(=O)C[C@@H](NC(=O)C1(C(=O)N[C@@H](CCCNC(N)=O)C(=O)Nc2ccc(COC(=O)N3CCN(c4cc5c(cc4F)c(=O)c(C(=O)O)cn5CC)CC3)cc2)CCC1)c1ccsc1. The van der Waals surface area contributed by atoms with Gasteiger partial charge in [0.1, 0.15) is 36.1 Å². The van der Waals surface area contributed by atoms with E-state index in [4.69, 9.17) is 15.2 Å². The molecular weight excluding hydrogens is 892 g/mol. The lowest BCUT2D eigenvalue weighted by atomic mass is 9.67. The summed E-state index contributed by atoms with van der Waals surface area (Å²) in [7, 11) is 0. The first kappa shape index (κ1) is 49.2. The van der Waals surface area contributed by atoms with Crippen LogP contribution in [0.3, 0.4) is 0 Å². The molecule has 0 spiro atoms. The predicted octanol–water partition coefficient (Wildman–Crippen LogP) is 4.40. The quantitative estimate of drug-likeness (QED) is 0.0312. The highest BCUT2D eigenvalue weighted by Gasteiger charge is 2.52. The van der Waals surface area contributed by atoms with Gasteiger partial charge in [-0.25, -0.2) is 18.8 Å². The smallest absolute Gasteiger partial charge is 0.410 e. The minimum Gasteiger partial charge on any atom is -0.477 e. The Morgan fingerprint density at radius 3 is 2.33 bits per heavy atom. The monoisotopic (exact) mass is 944 g/mol. The summed E-state index contributed by atoms with van der Waals surface area (Å²) in [6, 6.07) is 8.18. The van der Waals surface area contributed by atoms with Gasteiger partial charge in [-0.3, -0.25) is 24.0 Å². The van der Waals surface area contributed by atoms with Gasteiger partial charge in [-0.1, -0.05) is 31.2 Å². The van der Waals surface area contributed by atoms with Gasteiger partial charge >= 0.3 is 24.1 Å². The van der Waals surface area contributed by atoms with E-state index in [1.165, 1.54) is 34.6 Å². The van der Waals surface area contributed by atoms with E-state index in [0.29, 0.717) is 35.3 Å². The molecule has 67 heavy (non-hydrogen) atoms. The van der Waals surface area contributed by atoms with Crippen molar-refractivity contribution in [2.24, 2.45) is 11.1 Å². The Morgan fingerprint density at radius 1 is 1.00 bits per heavy atom. The standard InChI is InChI=1S/C46H53FN8O11S/c1-3-20-65-38(56)23-35(29-12-21-67-27-29)52-43(62)46(13-6-14-46)42(61)51-34(7-5-15-49-44(48)63)40(58)50-30-10-8-28(9-11-30)26-66-45(64)55-18-16-54(17-19-55)37-24-36-31(22-33(37)47)39(57)32(41(59)60)25-53(36)4-2/h3,8-12,21-22,24-25,27,34-35H,1,4-7,13-20,23,26H2,2H3,(H,50,58)(H,51,61)(H,52,62)(H,59,60)(H3,48,49,63)/t34-,35+/m0/s1. The number of carboxylic acids is 1. The summed E-state index contributed by atoms with van der Waals surface area (Å²) < 4.78 is 27.7. The van der Waals surface area contributed by atoms with Gasteiger partial charge in [0.25, 0.3) is 0 Å². The van der Waals surface area contributed by atoms with E-state index in [-0.39, 0.29) is 89.1 Å². The van der Waals surface area contributed by atoms with Crippen molar-refractivity contribution >= 4 is 75.4 Å². The van der Waals surface area contributed by atoms with E-state index in [9.17, 15) is 43.5 Å². The number of carbonyl (C=O) groups is 7. The minimum atomic E-state index is -1.50. The zero-order valence-corrected chi connectivity index (χ0v) is 37.7. The first-order chi connectivity index (χ1) is 32.1. The Hall–Kier alpha value is -7.29. The topological polar surface area (TPSA) is 261 Å². The minimum absolute atomic E-state index is 0.00366. The van der Waals surface area contributed by atoms with E-state index in [1.807, 2.05) is 0 Å². The second-order valence-electron chi connectivity index (χ2n) is 16.2. The number of amides is 6. The van der Waals surface area contributed by atoms with Crippen molar-refractivity contribution in [2.75, 3.05) is 49.5 Å². The Balaban J connectivity index is 1.04. The van der Waals surface area contributed by atoms with Crippen molar-refractivity contribution < 1.29 is 52.5 Å². The molecule has 6 rings (SSSR count). The van der Waals surface area contributed by atoms with Crippen molar-refractivity contribution in [1.29, 1.82) is 0 Å². The summed E-state index contributed by atoms with van der Waals surface area (Å²) >= 11 is 1.38. The average Bonchev–Trinajstić information content (AvgIpc) is 3.84. The number of pyridine rings is 1. The van der Waals surface area contributed by atoms with Crippen molar-refractivity contribution in [2.45, 2.75) is 70.7 Å². The fourth-order valence-corrected chi connectivity index (χ4v) is 8.62. The van der Waals surface area contributed by atoms with Gasteiger partial charge < -0.3 is 55.9 Å². The number of nitrogens with zero attached hydrogens (tertiary/aromatic N) is 3. The number of anilines is 2. The van der Waals surface area contributed by atoms with E-state index >= 15 is 4.39 Å². The number of hydrogen-bond donors (Lipinski definition) is 6. The molecule has 21 heteroatoms.